The molecular weight excluding hydrogens is 330 g/mol. The van der Waals surface area contributed by atoms with Gasteiger partial charge in [-0.25, -0.2) is 15.0 Å². The minimum absolute atomic E-state index is 0.296. The molecule has 0 bridgehead atoms. The van der Waals surface area contributed by atoms with Crippen molar-refractivity contribution in [2.75, 3.05) is 0 Å². The molecule has 0 atom stereocenters. The van der Waals surface area contributed by atoms with Gasteiger partial charge in [0.1, 0.15) is 6.33 Å². The van der Waals surface area contributed by atoms with Crippen LogP contribution >= 0.6 is 27.5 Å². The number of ether oxygens (including phenoxy) is 1. The Hall–Kier alpha value is -1.72. The molecule has 0 aliphatic carbocycles. The number of hydrogen-bond acceptors (Lipinski definition) is 4. The van der Waals surface area contributed by atoms with E-state index in [0.29, 0.717) is 16.8 Å². The van der Waals surface area contributed by atoms with Crippen molar-refractivity contribution in [3.8, 4) is 11.6 Å². The number of nitrogens with zero attached hydrogens (tertiary/aromatic N) is 3. The molecule has 3 rings (SSSR count). The Bertz CT molecular complexity index is 751. The van der Waals surface area contributed by atoms with Gasteiger partial charge in [-0.05, 0) is 30.3 Å². The zero-order valence-electron chi connectivity index (χ0n) is 9.55. The minimum Gasteiger partial charge on any atom is -0.435 e. The van der Waals surface area contributed by atoms with Crippen LogP contribution in [0.3, 0.4) is 0 Å². The van der Waals surface area contributed by atoms with Gasteiger partial charge < -0.3 is 4.74 Å². The Balaban J connectivity index is 2.10. The van der Waals surface area contributed by atoms with E-state index in [1.807, 2.05) is 18.2 Å². The van der Waals surface area contributed by atoms with Crippen molar-refractivity contribution in [2.24, 2.45) is 0 Å². The van der Waals surface area contributed by atoms with Crippen molar-refractivity contribution in [3.05, 3.63) is 52.5 Å². The van der Waals surface area contributed by atoms with Crippen LogP contribution in [0.2, 0.25) is 5.15 Å². The molecule has 0 N–H and O–H groups in total. The number of pyridine rings is 1. The van der Waals surface area contributed by atoms with Crippen LogP contribution < -0.4 is 4.74 Å². The van der Waals surface area contributed by atoms with Crippen LogP contribution in [-0.2, 0) is 0 Å². The van der Waals surface area contributed by atoms with Gasteiger partial charge >= 0.3 is 0 Å². The van der Waals surface area contributed by atoms with Crippen molar-refractivity contribution in [1.29, 1.82) is 0 Å². The number of rotatable bonds is 2. The molecule has 0 aliphatic heterocycles. The minimum atomic E-state index is 0.296. The Morgan fingerprint density at radius 1 is 1.11 bits per heavy atom. The smallest absolute Gasteiger partial charge is 0.230 e. The highest BCUT2D eigenvalue weighted by Gasteiger charge is 2.09. The van der Waals surface area contributed by atoms with E-state index in [9.17, 15) is 0 Å². The maximum atomic E-state index is 5.97. The average molecular weight is 337 g/mol. The van der Waals surface area contributed by atoms with E-state index in [1.165, 1.54) is 6.33 Å². The first-order chi connectivity index (χ1) is 9.24. The molecule has 0 unspecified atom stereocenters. The van der Waals surface area contributed by atoms with E-state index >= 15 is 0 Å². The summed E-state index contributed by atoms with van der Waals surface area (Å²) >= 11 is 9.38. The largest absolute Gasteiger partial charge is 0.435 e. The maximum absolute atomic E-state index is 5.97. The van der Waals surface area contributed by atoms with Crippen LogP contribution in [0.1, 0.15) is 0 Å². The standard InChI is InChI=1S/C13H7BrClN3O/c14-8-3-4-10-9(6-8)13(18-7-17-10)19-11-2-1-5-16-12(11)15/h1-7H. The summed E-state index contributed by atoms with van der Waals surface area (Å²) in [5.41, 5.74) is 0.799. The first-order valence-electron chi connectivity index (χ1n) is 5.43. The van der Waals surface area contributed by atoms with Gasteiger partial charge in [0.25, 0.3) is 0 Å². The topological polar surface area (TPSA) is 47.9 Å². The van der Waals surface area contributed by atoms with Crippen molar-refractivity contribution in [3.63, 3.8) is 0 Å². The van der Waals surface area contributed by atoms with Crippen molar-refractivity contribution in [2.45, 2.75) is 0 Å². The average Bonchev–Trinajstić information content (AvgIpc) is 2.42. The summed E-state index contributed by atoms with van der Waals surface area (Å²) in [6.07, 6.45) is 3.06. The van der Waals surface area contributed by atoms with Gasteiger partial charge in [0.2, 0.25) is 5.88 Å². The lowest BCUT2D eigenvalue weighted by Crippen LogP contribution is -1.92. The zero-order valence-corrected chi connectivity index (χ0v) is 11.9. The molecule has 94 valence electrons. The van der Waals surface area contributed by atoms with Crippen LogP contribution in [0.4, 0.5) is 0 Å². The van der Waals surface area contributed by atoms with Gasteiger partial charge in [0.05, 0.1) is 10.9 Å². The van der Waals surface area contributed by atoms with E-state index in [0.717, 1.165) is 15.4 Å². The van der Waals surface area contributed by atoms with Crippen LogP contribution in [0.5, 0.6) is 11.6 Å². The quantitative estimate of drug-likeness (QED) is 0.657. The Morgan fingerprint density at radius 2 is 2.00 bits per heavy atom. The fraction of sp³-hybridized carbons (Fsp3) is 0. The Morgan fingerprint density at radius 3 is 2.84 bits per heavy atom. The van der Waals surface area contributed by atoms with Gasteiger partial charge in [-0.2, -0.15) is 0 Å². The molecule has 19 heavy (non-hydrogen) atoms. The number of benzene rings is 1. The molecule has 0 saturated carbocycles. The molecule has 4 nitrogen and oxygen atoms in total. The van der Waals surface area contributed by atoms with E-state index in [-0.39, 0.29) is 0 Å². The third-order valence-electron chi connectivity index (χ3n) is 2.49. The summed E-state index contributed by atoms with van der Waals surface area (Å²) in [6, 6.07) is 9.19. The lowest BCUT2D eigenvalue weighted by Gasteiger charge is -2.08. The Labute approximate surface area is 122 Å². The fourth-order valence-corrected chi connectivity index (χ4v) is 2.16. The summed E-state index contributed by atoms with van der Waals surface area (Å²) in [6.45, 7) is 0. The highest BCUT2D eigenvalue weighted by molar-refractivity contribution is 9.10. The lowest BCUT2D eigenvalue weighted by molar-refractivity contribution is 0.466. The summed E-state index contributed by atoms with van der Waals surface area (Å²) in [5.74, 6) is 0.908. The van der Waals surface area contributed by atoms with Crippen LogP contribution in [0.25, 0.3) is 10.9 Å². The van der Waals surface area contributed by atoms with E-state index in [4.69, 9.17) is 16.3 Å². The van der Waals surface area contributed by atoms with E-state index in [2.05, 4.69) is 30.9 Å². The molecule has 2 aromatic heterocycles. The molecule has 6 heteroatoms. The van der Waals surface area contributed by atoms with Gasteiger partial charge in [0.15, 0.2) is 10.9 Å². The summed E-state index contributed by atoms with van der Waals surface area (Å²) in [7, 11) is 0. The molecule has 0 spiro atoms. The summed E-state index contributed by atoms with van der Waals surface area (Å²) in [5, 5.41) is 1.10. The highest BCUT2D eigenvalue weighted by Crippen LogP contribution is 2.31. The maximum Gasteiger partial charge on any atom is 0.230 e. The SMILES string of the molecule is Clc1ncccc1Oc1ncnc2ccc(Br)cc12. The van der Waals surface area contributed by atoms with Crippen molar-refractivity contribution < 1.29 is 4.74 Å². The van der Waals surface area contributed by atoms with Crippen LogP contribution in [0.15, 0.2) is 47.3 Å². The highest BCUT2D eigenvalue weighted by atomic mass is 79.9. The van der Waals surface area contributed by atoms with Gasteiger partial charge in [-0.3, -0.25) is 0 Å². The third kappa shape index (κ3) is 2.52. The van der Waals surface area contributed by atoms with Gasteiger partial charge in [-0.1, -0.05) is 27.5 Å². The summed E-state index contributed by atoms with van der Waals surface area (Å²) < 4.78 is 6.64. The first kappa shape index (κ1) is 12.3. The van der Waals surface area contributed by atoms with E-state index in [1.54, 1.807) is 18.3 Å². The third-order valence-corrected chi connectivity index (χ3v) is 3.27. The number of halogens is 2. The monoisotopic (exact) mass is 335 g/mol. The lowest BCUT2D eigenvalue weighted by atomic mass is 10.2. The predicted molar refractivity (Wildman–Crippen MR) is 76.6 cm³/mol. The molecule has 0 aliphatic rings. The molecule has 0 radical (unpaired) electrons. The van der Waals surface area contributed by atoms with Crippen LogP contribution in [-0.4, -0.2) is 15.0 Å². The van der Waals surface area contributed by atoms with Crippen molar-refractivity contribution in [1.82, 2.24) is 15.0 Å². The fourth-order valence-electron chi connectivity index (χ4n) is 1.64. The van der Waals surface area contributed by atoms with Gasteiger partial charge in [-0.15, -0.1) is 0 Å². The molecule has 0 amide bonds. The molecule has 1 aromatic carbocycles. The first-order valence-corrected chi connectivity index (χ1v) is 6.60. The second-order valence-corrected chi connectivity index (χ2v) is 5.01. The molecule has 3 aromatic rings. The van der Waals surface area contributed by atoms with Crippen molar-refractivity contribution >= 4 is 38.4 Å². The van der Waals surface area contributed by atoms with Gasteiger partial charge in [0, 0.05) is 10.7 Å². The van der Waals surface area contributed by atoms with E-state index < -0.39 is 0 Å². The molecule has 0 saturated heterocycles. The number of aromatic nitrogens is 3. The zero-order chi connectivity index (χ0) is 13.2. The second-order valence-electron chi connectivity index (χ2n) is 3.73. The normalized spacial score (nSPS) is 10.6. The number of fused-ring (bicyclic) bond motifs is 1. The predicted octanol–water partition coefficient (Wildman–Crippen LogP) is 4.23. The Kier molecular flexibility index (Phi) is 3.31. The molecule has 0 fully saturated rings. The molecule has 2 heterocycles. The second kappa shape index (κ2) is 5.11. The summed E-state index contributed by atoms with van der Waals surface area (Å²) in [4.78, 5) is 12.3. The molecular formula is C13H7BrClN3O. The van der Waals surface area contributed by atoms with Crippen LogP contribution in [0, 0.1) is 0 Å². The number of hydrogen-bond donors (Lipinski definition) is 0.